The Morgan fingerprint density at radius 2 is 2.15 bits per heavy atom. The van der Waals surface area contributed by atoms with Gasteiger partial charge in [-0.3, -0.25) is 9.59 Å². The van der Waals surface area contributed by atoms with E-state index in [9.17, 15) is 9.59 Å². The van der Waals surface area contributed by atoms with Gasteiger partial charge in [0.2, 0.25) is 11.8 Å². The molecule has 1 atom stereocenters. The number of nitrogens with zero attached hydrogens (tertiary/aromatic N) is 2. The number of anilines is 2. The van der Waals surface area contributed by atoms with E-state index in [0.29, 0.717) is 22.4 Å². The van der Waals surface area contributed by atoms with E-state index in [1.807, 2.05) is 24.3 Å². The van der Waals surface area contributed by atoms with Gasteiger partial charge in [-0.05, 0) is 30.3 Å². The van der Waals surface area contributed by atoms with Crippen LogP contribution < -0.4 is 15.0 Å². The van der Waals surface area contributed by atoms with Crippen molar-refractivity contribution in [2.45, 2.75) is 6.42 Å². The molecular formula is C19H16ClN3O3S. The van der Waals surface area contributed by atoms with Crippen LogP contribution in [0.3, 0.4) is 0 Å². The Kier molecular flexibility index (Phi) is 4.72. The molecule has 1 saturated heterocycles. The first kappa shape index (κ1) is 17.8. The number of thiazole rings is 1. The number of carbonyl (C=O) groups excluding carboxylic acids is 2. The molecule has 27 heavy (non-hydrogen) atoms. The molecule has 0 spiro atoms. The fraction of sp³-hybridized carbons (Fsp3) is 0.211. The molecule has 138 valence electrons. The first-order valence-corrected chi connectivity index (χ1v) is 9.55. The lowest BCUT2D eigenvalue weighted by atomic mass is 10.1. The molecule has 8 heteroatoms. The van der Waals surface area contributed by atoms with Gasteiger partial charge in [-0.2, -0.15) is 0 Å². The topological polar surface area (TPSA) is 71.5 Å². The SMILES string of the molecule is COc1ccc2nc(NC(=O)C3CC(=O)N(c4ccccc4Cl)C3)sc2c1. The van der Waals surface area contributed by atoms with Crippen molar-refractivity contribution in [3.8, 4) is 5.75 Å². The van der Waals surface area contributed by atoms with Gasteiger partial charge in [-0.15, -0.1) is 0 Å². The first-order valence-electron chi connectivity index (χ1n) is 8.35. The Balaban J connectivity index is 1.49. The highest BCUT2D eigenvalue weighted by Gasteiger charge is 2.36. The second-order valence-corrected chi connectivity index (χ2v) is 7.64. The number of benzene rings is 2. The van der Waals surface area contributed by atoms with Crippen molar-refractivity contribution in [3.63, 3.8) is 0 Å². The Morgan fingerprint density at radius 1 is 1.33 bits per heavy atom. The Bertz CT molecular complexity index is 1040. The Labute approximate surface area is 164 Å². The van der Waals surface area contributed by atoms with Gasteiger partial charge in [-0.1, -0.05) is 35.1 Å². The van der Waals surface area contributed by atoms with Crippen molar-refractivity contribution in [2.75, 3.05) is 23.9 Å². The van der Waals surface area contributed by atoms with E-state index < -0.39 is 5.92 Å². The molecule has 1 N–H and O–H groups in total. The minimum absolute atomic E-state index is 0.114. The zero-order valence-electron chi connectivity index (χ0n) is 14.4. The predicted octanol–water partition coefficient (Wildman–Crippen LogP) is 3.95. The monoisotopic (exact) mass is 401 g/mol. The Morgan fingerprint density at radius 3 is 2.93 bits per heavy atom. The fourth-order valence-corrected chi connectivity index (χ4v) is 4.21. The third-order valence-corrected chi connectivity index (χ3v) is 5.72. The highest BCUT2D eigenvalue weighted by Crippen LogP contribution is 2.33. The van der Waals surface area contributed by atoms with Crippen molar-refractivity contribution in [2.24, 2.45) is 5.92 Å². The molecule has 4 rings (SSSR count). The normalized spacial score (nSPS) is 16.7. The lowest BCUT2D eigenvalue weighted by Crippen LogP contribution is -2.28. The summed E-state index contributed by atoms with van der Waals surface area (Å²) in [6.07, 6.45) is 0.149. The van der Waals surface area contributed by atoms with Crippen LogP contribution in [0.2, 0.25) is 5.02 Å². The molecule has 1 fully saturated rings. The van der Waals surface area contributed by atoms with Crippen LogP contribution in [0.25, 0.3) is 10.2 Å². The average Bonchev–Trinajstić information content (AvgIpc) is 3.24. The van der Waals surface area contributed by atoms with E-state index in [2.05, 4.69) is 10.3 Å². The van der Waals surface area contributed by atoms with E-state index in [-0.39, 0.29) is 18.2 Å². The molecule has 2 heterocycles. The third-order valence-electron chi connectivity index (χ3n) is 4.46. The number of methoxy groups -OCH3 is 1. The number of nitrogens with one attached hydrogen (secondary N) is 1. The Hall–Kier alpha value is -2.64. The summed E-state index contributed by atoms with van der Waals surface area (Å²) in [5.41, 5.74) is 1.42. The molecule has 1 aliphatic rings. The summed E-state index contributed by atoms with van der Waals surface area (Å²) in [5, 5.41) is 3.83. The van der Waals surface area contributed by atoms with Crippen LogP contribution in [0, 0.1) is 5.92 Å². The third kappa shape index (κ3) is 3.48. The van der Waals surface area contributed by atoms with Gasteiger partial charge >= 0.3 is 0 Å². The van der Waals surface area contributed by atoms with E-state index in [4.69, 9.17) is 16.3 Å². The maximum absolute atomic E-state index is 12.6. The fourth-order valence-electron chi connectivity index (χ4n) is 3.08. The van der Waals surface area contributed by atoms with E-state index in [0.717, 1.165) is 16.0 Å². The second-order valence-electron chi connectivity index (χ2n) is 6.20. The van der Waals surface area contributed by atoms with Crippen LogP contribution in [0.4, 0.5) is 10.8 Å². The molecule has 1 unspecified atom stereocenters. The van der Waals surface area contributed by atoms with Crippen LogP contribution >= 0.6 is 22.9 Å². The highest BCUT2D eigenvalue weighted by atomic mass is 35.5. The lowest BCUT2D eigenvalue weighted by molar-refractivity contribution is -0.122. The number of amides is 2. The molecule has 0 bridgehead atoms. The molecule has 0 aliphatic carbocycles. The van der Waals surface area contributed by atoms with E-state index >= 15 is 0 Å². The standard InChI is InChI=1S/C19H16ClN3O3S/c1-26-12-6-7-14-16(9-12)27-19(21-14)22-18(25)11-8-17(24)23(10-11)15-5-3-2-4-13(15)20/h2-7,9,11H,8,10H2,1H3,(H,21,22,25). The molecule has 2 amide bonds. The number of hydrogen-bond acceptors (Lipinski definition) is 5. The quantitative estimate of drug-likeness (QED) is 0.718. The lowest BCUT2D eigenvalue weighted by Gasteiger charge is -2.17. The smallest absolute Gasteiger partial charge is 0.231 e. The highest BCUT2D eigenvalue weighted by molar-refractivity contribution is 7.22. The van der Waals surface area contributed by atoms with Gasteiger partial charge in [0.15, 0.2) is 5.13 Å². The summed E-state index contributed by atoms with van der Waals surface area (Å²) >= 11 is 7.56. The molecular weight excluding hydrogens is 386 g/mol. The second kappa shape index (κ2) is 7.17. The van der Waals surface area contributed by atoms with Crippen molar-refractivity contribution >= 4 is 55.8 Å². The number of hydrogen-bond donors (Lipinski definition) is 1. The molecule has 1 aliphatic heterocycles. The number of para-hydroxylation sites is 1. The van der Waals surface area contributed by atoms with Crippen LogP contribution in [-0.2, 0) is 9.59 Å². The summed E-state index contributed by atoms with van der Waals surface area (Å²) in [4.78, 5) is 31.0. The van der Waals surface area contributed by atoms with Crippen molar-refractivity contribution < 1.29 is 14.3 Å². The zero-order valence-corrected chi connectivity index (χ0v) is 16.0. The summed E-state index contributed by atoms with van der Waals surface area (Å²) < 4.78 is 6.13. The average molecular weight is 402 g/mol. The molecule has 1 aromatic heterocycles. The van der Waals surface area contributed by atoms with Crippen LogP contribution in [0.5, 0.6) is 5.75 Å². The number of aromatic nitrogens is 1. The first-order chi connectivity index (χ1) is 13.0. The molecule has 2 aromatic carbocycles. The van der Waals surface area contributed by atoms with Crippen molar-refractivity contribution in [3.05, 3.63) is 47.5 Å². The van der Waals surface area contributed by atoms with E-state index in [1.165, 1.54) is 11.3 Å². The predicted molar refractivity (Wildman–Crippen MR) is 107 cm³/mol. The maximum Gasteiger partial charge on any atom is 0.231 e. The largest absolute Gasteiger partial charge is 0.497 e. The molecule has 6 nitrogen and oxygen atoms in total. The number of fused-ring (bicyclic) bond motifs is 1. The number of rotatable bonds is 4. The minimum Gasteiger partial charge on any atom is -0.497 e. The van der Waals surface area contributed by atoms with Crippen LogP contribution in [0.1, 0.15) is 6.42 Å². The number of carbonyl (C=O) groups is 2. The van der Waals surface area contributed by atoms with Gasteiger partial charge in [0.1, 0.15) is 5.75 Å². The van der Waals surface area contributed by atoms with Crippen LogP contribution in [-0.4, -0.2) is 30.5 Å². The van der Waals surface area contributed by atoms with E-state index in [1.54, 1.807) is 30.2 Å². The van der Waals surface area contributed by atoms with Gasteiger partial charge in [0.25, 0.3) is 0 Å². The summed E-state index contributed by atoms with van der Waals surface area (Å²) in [6, 6.07) is 12.7. The summed E-state index contributed by atoms with van der Waals surface area (Å²) in [5.74, 6) is -0.0441. The van der Waals surface area contributed by atoms with Crippen molar-refractivity contribution in [1.29, 1.82) is 0 Å². The van der Waals surface area contributed by atoms with Crippen molar-refractivity contribution in [1.82, 2.24) is 4.98 Å². The minimum atomic E-state index is -0.449. The molecule has 0 radical (unpaired) electrons. The van der Waals surface area contributed by atoms with Gasteiger partial charge in [0, 0.05) is 13.0 Å². The van der Waals surface area contributed by atoms with Gasteiger partial charge in [-0.25, -0.2) is 4.98 Å². The summed E-state index contributed by atoms with van der Waals surface area (Å²) in [7, 11) is 1.60. The zero-order chi connectivity index (χ0) is 19.0. The molecule has 0 saturated carbocycles. The van der Waals surface area contributed by atoms with Crippen LogP contribution in [0.15, 0.2) is 42.5 Å². The maximum atomic E-state index is 12.6. The summed E-state index contributed by atoms with van der Waals surface area (Å²) in [6.45, 7) is 0.299. The number of halogens is 1. The van der Waals surface area contributed by atoms with Gasteiger partial charge in [0.05, 0.1) is 34.0 Å². The van der Waals surface area contributed by atoms with Gasteiger partial charge < -0.3 is 15.0 Å². The molecule has 3 aromatic rings. The number of ether oxygens (including phenoxy) is 1.